The summed E-state index contributed by atoms with van der Waals surface area (Å²) in [6, 6.07) is 1.53. The molecule has 4 unspecified atom stereocenters. The Hall–Kier alpha value is -0.0800. The minimum Gasteiger partial charge on any atom is -0.312 e. The number of hydrogen-bond donors (Lipinski definition) is 1. The zero-order valence-electron chi connectivity index (χ0n) is 12.8. The van der Waals surface area contributed by atoms with Gasteiger partial charge >= 0.3 is 0 Å². The third kappa shape index (κ3) is 3.27. The van der Waals surface area contributed by atoms with Crippen LogP contribution in [-0.4, -0.2) is 36.6 Å². The van der Waals surface area contributed by atoms with Gasteiger partial charge in [0.1, 0.15) is 0 Å². The third-order valence-electron chi connectivity index (χ3n) is 5.40. The van der Waals surface area contributed by atoms with Crippen LogP contribution >= 0.6 is 0 Å². The van der Waals surface area contributed by atoms with Gasteiger partial charge in [-0.1, -0.05) is 40.5 Å². The number of nitrogens with zero attached hydrogens (tertiary/aromatic N) is 1. The Labute approximate surface area is 114 Å². The fourth-order valence-electron chi connectivity index (χ4n) is 3.79. The second kappa shape index (κ2) is 6.38. The molecule has 0 amide bonds. The second-order valence-corrected chi connectivity index (χ2v) is 6.99. The molecule has 18 heavy (non-hydrogen) atoms. The molecule has 1 saturated carbocycles. The molecule has 1 saturated heterocycles. The first-order valence-corrected chi connectivity index (χ1v) is 8.07. The monoisotopic (exact) mass is 252 g/mol. The molecule has 1 aliphatic heterocycles. The van der Waals surface area contributed by atoms with E-state index in [1.54, 1.807) is 0 Å². The molecular formula is C16H32N2. The summed E-state index contributed by atoms with van der Waals surface area (Å²) in [6.45, 7) is 13.4. The van der Waals surface area contributed by atoms with Gasteiger partial charge in [0.15, 0.2) is 0 Å². The molecule has 2 nitrogen and oxygen atoms in total. The molecule has 0 aromatic carbocycles. The maximum absolute atomic E-state index is 3.73. The van der Waals surface area contributed by atoms with E-state index in [2.05, 4.69) is 37.9 Å². The maximum Gasteiger partial charge on any atom is 0.0218 e. The van der Waals surface area contributed by atoms with Gasteiger partial charge in [-0.05, 0) is 43.7 Å². The lowest BCUT2D eigenvalue weighted by Crippen LogP contribution is -2.49. The first-order valence-electron chi connectivity index (χ1n) is 8.07. The van der Waals surface area contributed by atoms with Crippen LogP contribution in [-0.2, 0) is 0 Å². The van der Waals surface area contributed by atoms with Gasteiger partial charge in [0.25, 0.3) is 0 Å². The summed E-state index contributed by atoms with van der Waals surface area (Å²) in [6.07, 6.45) is 5.63. The third-order valence-corrected chi connectivity index (χ3v) is 5.40. The molecule has 4 atom stereocenters. The summed E-state index contributed by atoms with van der Waals surface area (Å²) in [5.74, 6) is 2.55. The summed E-state index contributed by atoms with van der Waals surface area (Å²) in [5.41, 5.74) is 0. The number of nitrogens with one attached hydrogen (secondary N) is 1. The summed E-state index contributed by atoms with van der Waals surface area (Å²) in [7, 11) is 0. The van der Waals surface area contributed by atoms with E-state index < -0.39 is 0 Å². The van der Waals surface area contributed by atoms with Crippen molar-refractivity contribution in [1.29, 1.82) is 0 Å². The molecule has 1 N–H and O–H groups in total. The first kappa shape index (κ1) is 14.3. The average Bonchev–Trinajstić information content (AvgIpc) is 2.58. The van der Waals surface area contributed by atoms with Crippen molar-refractivity contribution >= 4 is 0 Å². The van der Waals surface area contributed by atoms with Crippen molar-refractivity contribution in [3.05, 3.63) is 0 Å². The smallest absolute Gasteiger partial charge is 0.0218 e. The van der Waals surface area contributed by atoms with Crippen LogP contribution in [0, 0.1) is 17.8 Å². The minimum absolute atomic E-state index is 0.692. The van der Waals surface area contributed by atoms with Crippen molar-refractivity contribution in [1.82, 2.24) is 10.2 Å². The van der Waals surface area contributed by atoms with E-state index in [0.29, 0.717) is 6.04 Å². The van der Waals surface area contributed by atoms with Gasteiger partial charge in [0, 0.05) is 18.6 Å². The van der Waals surface area contributed by atoms with E-state index in [0.717, 1.165) is 23.8 Å². The standard InChI is InChI=1S/C16H32N2/c1-12(2)15-11-18(10-6-9-17-15)16-8-5-7-13(3)14(16)4/h12-17H,5-11H2,1-4H3. The van der Waals surface area contributed by atoms with Gasteiger partial charge < -0.3 is 5.32 Å². The number of hydrogen-bond acceptors (Lipinski definition) is 2. The SMILES string of the molecule is CC(C)C1CN(C2CCCC(C)C2C)CCCN1. The van der Waals surface area contributed by atoms with Crippen LogP contribution in [0.4, 0.5) is 0 Å². The van der Waals surface area contributed by atoms with Gasteiger partial charge in [0.05, 0.1) is 0 Å². The van der Waals surface area contributed by atoms with E-state index in [1.807, 2.05) is 0 Å². The van der Waals surface area contributed by atoms with E-state index in [1.165, 1.54) is 45.3 Å². The Balaban J connectivity index is 2.01. The highest BCUT2D eigenvalue weighted by molar-refractivity contribution is 4.88. The van der Waals surface area contributed by atoms with Crippen LogP contribution in [0.3, 0.4) is 0 Å². The number of rotatable bonds is 2. The predicted octanol–water partition coefficient (Wildman–Crippen LogP) is 3.13. The van der Waals surface area contributed by atoms with Gasteiger partial charge in [-0.3, -0.25) is 4.90 Å². The van der Waals surface area contributed by atoms with Crippen molar-refractivity contribution in [2.75, 3.05) is 19.6 Å². The van der Waals surface area contributed by atoms with Crippen LogP contribution in [0.5, 0.6) is 0 Å². The highest BCUT2D eigenvalue weighted by Gasteiger charge is 2.33. The van der Waals surface area contributed by atoms with Crippen molar-refractivity contribution in [3.8, 4) is 0 Å². The van der Waals surface area contributed by atoms with Crippen LogP contribution in [0.25, 0.3) is 0 Å². The quantitative estimate of drug-likeness (QED) is 0.812. The van der Waals surface area contributed by atoms with Crippen LogP contribution in [0.15, 0.2) is 0 Å². The van der Waals surface area contributed by atoms with E-state index in [9.17, 15) is 0 Å². The molecule has 2 heteroatoms. The summed E-state index contributed by atoms with van der Waals surface area (Å²) in [4.78, 5) is 2.81. The van der Waals surface area contributed by atoms with Crippen molar-refractivity contribution < 1.29 is 0 Å². The Bertz CT molecular complexity index is 251. The van der Waals surface area contributed by atoms with Gasteiger partial charge in [-0.15, -0.1) is 0 Å². The molecule has 106 valence electrons. The maximum atomic E-state index is 3.73. The first-order chi connectivity index (χ1) is 8.59. The Kier molecular flexibility index (Phi) is 5.08. The molecule has 1 aliphatic carbocycles. The molecular weight excluding hydrogens is 220 g/mol. The van der Waals surface area contributed by atoms with Crippen molar-refractivity contribution in [2.45, 2.75) is 65.5 Å². The van der Waals surface area contributed by atoms with Gasteiger partial charge in [0.2, 0.25) is 0 Å². The highest BCUT2D eigenvalue weighted by atomic mass is 15.2. The lowest BCUT2D eigenvalue weighted by molar-refractivity contribution is 0.0758. The summed E-state index contributed by atoms with van der Waals surface area (Å²) >= 11 is 0. The Morgan fingerprint density at radius 1 is 1.11 bits per heavy atom. The van der Waals surface area contributed by atoms with Crippen LogP contribution in [0.1, 0.15) is 53.4 Å². The fourth-order valence-corrected chi connectivity index (χ4v) is 3.79. The molecule has 1 heterocycles. The molecule has 0 aromatic heterocycles. The molecule has 0 spiro atoms. The summed E-state index contributed by atoms with van der Waals surface area (Å²) in [5, 5.41) is 3.73. The molecule has 2 rings (SSSR count). The van der Waals surface area contributed by atoms with E-state index in [-0.39, 0.29) is 0 Å². The molecule has 0 aromatic rings. The summed E-state index contributed by atoms with van der Waals surface area (Å²) < 4.78 is 0. The topological polar surface area (TPSA) is 15.3 Å². The largest absolute Gasteiger partial charge is 0.312 e. The van der Waals surface area contributed by atoms with Gasteiger partial charge in [-0.25, -0.2) is 0 Å². The second-order valence-electron chi connectivity index (χ2n) is 6.99. The predicted molar refractivity (Wildman–Crippen MR) is 78.8 cm³/mol. The molecule has 0 bridgehead atoms. The Morgan fingerprint density at radius 3 is 2.61 bits per heavy atom. The van der Waals surface area contributed by atoms with Crippen molar-refractivity contribution in [2.24, 2.45) is 17.8 Å². The zero-order chi connectivity index (χ0) is 13.1. The van der Waals surface area contributed by atoms with E-state index in [4.69, 9.17) is 0 Å². The highest BCUT2D eigenvalue weighted by Crippen LogP contribution is 2.33. The van der Waals surface area contributed by atoms with Crippen LogP contribution in [0.2, 0.25) is 0 Å². The molecule has 0 radical (unpaired) electrons. The average molecular weight is 252 g/mol. The van der Waals surface area contributed by atoms with Gasteiger partial charge in [-0.2, -0.15) is 0 Å². The lowest BCUT2D eigenvalue weighted by atomic mass is 9.77. The van der Waals surface area contributed by atoms with Crippen molar-refractivity contribution in [3.63, 3.8) is 0 Å². The van der Waals surface area contributed by atoms with Crippen LogP contribution < -0.4 is 5.32 Å². The minimum atomic E-state index is 0.692. The molecule has 2 aliphatic rings. The normalized spacial score (nSPS) is 39.8. The van der Waals surface area contributed by atoms with E-state index >= 15 is 0 Å². The fraction of sp³-hybridized carbons (Fsp3) is 1.00. The lowest BCUT2D eigenvalue weighted by Gasteiger charge is -2.42. The molecule has 2 fully saturated rings. The Morgan fingerprint density at radius 2 is 1.89 bits per heavy atom. The zero-order valence-corrected chi connectivity index (χ0v) is 12.8.